The highest BCUT2D eigenvalue weighted by Gasteiger charge is 2.26. The number of hydrogen-bond acceptors (Lipinski definition) is 2. The first-order chi connectivity index (χ1) is 9.72. The molecule has 4 heteroatoms. The van der Waals surface area contributed by atoms with E-state index in [1.54, 1.807) is 0 Å². The molecule has 2 unspecified atom stereocenters. The number of benzene rings is 1. The van der Waals surface area contributed by atoms with Gasteiger partial charge in [-0.3, -0.25) is 4.21 Å². The summed E-state index contributed by atoms with van der Waals surface area (Å²) in [4.78, 5) is 0.925. The summed E-state index contributed by atoms with van der Waals surface area (Å²) in [6, 6.07) is 8.25. The van der Waals surface area contributed by atoms with Crippen molar-refractivity contribution < 1.29 is 4.21 Å². The number of halogens is 1. The second-order valence-corrected chi connectivity index (χ2v) is 7.87. The molecule has 2 nitrogen and oxygen atoms in total. The van der Waals surface area contributed by atoms with Gasteiger partial charge >= 0.3 is 0 Å². The Labute approximate surface area is 133 Å². The van der Waals surface area contributed by atoms with E-state index in [1.807, 2.05) is 24.3 Å². The molecule has 1 aliphatic carbocycles. The van der Waals surface area contributed by atoms with E-state index in [1.165, 1.54) is 25.7 Å². The normalized spacial score (nSPS) is 19.1. The molecule has 2 atom stereocenters. The highest BCUT2D eigenvalue weighted by Crippen LogP contribution is 2.29. The Morgan fingerprint density at radius 1 is 1.35 bits per heavy atom. The Balaban J connectivity index is 2.02. The predicted octanol–water partition coefficient (Wildman–Crippen LogP) is 4.12. The molecule has 1 N–H and O–H groups in total. The molecule has 1 aliphatic rings. The summed E-state index contributed by atoms with van der Waals surface area (Å²) >= 11 is 3.51. The fourth-order valence-corrected chi connectivity index (χ4v) is 5.17. The van der Waals surface area contributed by atoms with Crippen LogP contribution in [-0.4, -0.2) is 22.5 Å². The second-order valence-electron chi connectivity index (χ2n) is 5.55. The molecule has 0 saturated heterocycles. The molecule has 1 aromatic rings. The van der Waals surface area contributed by atoms with Crippen LogP contribution < -0.4 is 5.32 Å². The molecule has 0 radical (unpaired) electrons. The smallest absolute Gasteiger partial charge is 0.0556 e. The lowest BCUT2D eigenvalue weighted by molar-refractivity contribution is 0.385. The van der Waals surface area contributed by atoms with Crippen LogP contribution in [0.2, 0.25) is 0 Å². The SMILES string of the molecule is CCCNC(CS(=O)c1ccccc1Br)C1CCCC1. The Kier molecular flexibility index (Phi) is 6.72. The maximum absolute atomic E-state index is 12.6. The molecule has 0 amide bonds. The molecule has 112 valence electrons. The average molecular weight is 358 g/mol. The Bertz CT molecular complexity index is 446. The van der Waals surface area contributed by atoms with E-state index >= 15 is 0 Å². The van der Waals surface area contributed by atoms with E-state index in [0.717, 1.165) is 28.1 Å². The fraction of sp³-hybridized carbons (Fsp3) is 0.625. The fourth-order valence-electron chi connectivity index (χ4n) is 2.93. The maximum atomic E-state index is 12.6. The van der Waals surface area contributed by atoms with E-state index in [-0.39, 0.29) is 0 Å². The van der Waals surface area contributed by atoms with Crippen LogP contribution in [0.3, 0.4) is 0 Å². The first-order valence-electron chi connectivity index (χ1n) is 7.58. The Morgan fingerprint density at radius 3 is 2.70 bits per heavy atom. The Morgan fingerprint density at radius 2 is 2.05 bits per heavy atom. The third-order valence-electron chi connectivity index (χ3n) is 4.04. The van der Waals surface area contributed by atoms with Crippen molar-refractivity contribution in [2.24, 2.45) is 5.92 Å². The van der Waals surface area contributed by atoms with Crippen molar-refractivity contribution in [3.8, 4) is 0 Å². The van der Waals surface area contributed by atoms with Gasteiger partial charge in [-0.1, -0.05) is 31.9 Å². The summed E-state index contributed by atoms with van der Waals surface area (Å²) in [6.45, 7) is 3.21. The minimum absolute atomic E-state index is 0.394. The highest BCUT2D eigenvalue weighted by molar-refractivity contribution is 9.10. The molecule has 1 aromatic carbocycles. The van der Waals surface area contributed by atoms with Gasteiger partial charge in [0.1, 0.15) is 0 Å². The molecular weight excluding hydrogens is 334 g/mol. The summed E-state index contributed by atoms with van der Waals surface area (Å²) < 4.78 is 13.6. The summed E-state index contributed by atoms with van der Waals surface area (Å²) in [5.41, 5.74) is 0. The van der Waals surface area contributed by atoms with Crippen molar-refractivity contribution in [1.82, 2.24) is 5.32 Å². The van der Waals surface area contributed by atoms with Crippen LogP contribution in [-0.2, 0) is 10.8 Å². The first kappa shape index (κ1) is 16.2. The zero-order valence-corrected chi connectivity index (χ0v) is 14.5. The molecule has 0 bridgehead atoms. The molecule has 1 fully saturated rings. The minimum Gasteiger partial charge on any atom is -0.313 e. The van der Waals surface area contributed by atoms with Gasteiger partial charge in [0.15, 0.2) is 0 Å². The number of rotatable bonds is 7. The lowest BCUT2D eigenvalue weighted by atomic mass is 10.00. The van der Waals surface area contributed by atoms with E-state index in [9.17, 15) is 4.21 Å². The van der Waals surface area contributed by atoms with Gasteiger partial charge in [-0.15, -0.1) is 0 Å². The van der Waals surface area contributed by atoms with Crippen molar-refractivity contribution in [1.29, 1.82) is 0 Å². The topological polar surface area (TPSA) is 29.1 Å². The molecular formula is C16H24BrNOS. The summed E-state index contributed by atoms with van der Waals surface area (Å²) in [6.07, 6.45) is 6.36. The van der Waals surface area contributed by atoms with Crippen molar-refractivity contribution in [3.05, 3.63) is 28.7 Å². The van der Waals surface area contributed by atoms with Gasteiger partial charge in [0.25, 0.3) is 0 Å². The van der Waals surface area contributed by atoms with E-state index in [4.69, 9.17) is 0 Å². The quantitative estimate of drug-likeness (QED) is 0.795. The molecule has 0 aromatic heterocycles. The predicted molar refractivity (Wildman–Crippen MR) is 89.5 cm³/mol. The first-order valence-corrected chi connectivity index (χ1v) is 9.70. The highest BCUT2D eigenvalue weighted by atomic mass is 79.9. The summed E-state index contributed by atoms with van der Waals surface area (Å²) in [7, 11) is -0.934. The van der Waals surface area contributed by atoms with Crippen LogP contribution >= 0.6 is 15.9 Å². The van der Waals surface area contributed by atoms with Gasteiger partial charge in [0, 0.05) is 16.3 Å². The monoisotopic (exact) mass is 357 g/mol. The second kappa shape index (κ2) is 8.30. The summed E-state index contributed by atoms with van der Waals surface area (Å²) in [5, 5.41) is 3.62. The number of hydrogen-bond donors (Lipinski definition) is 1. The lowest BCUT2D eigenvalue weighted by Crippen LogP contribution is -2.40. The van der Waals surface area contributed by atoms with Crippen LogP contribution in [0, 0.1) is 5.92 Å². The molecule has 0 spiro atoms. The molecule has 1 saturated carbocycles. The maximum Gasteiger partial charge on any atom is 0.0556 e. The van der Waals surface area contributed by atoms with E-state index < -0.39 is 10.8 Å². The van der Waals surface area contributed by atoms with Crippen molar-refractivity contribution in [3.63, 3.8) is 0 Å². The van der Waals surface area contributed by atoms with Gasteiger partial charge in [0.2, 0.25) is 0 Å². The van der Waals surface area contributed by atoms with Gasteiger partial charge < -0.3 is 5.32 Å². The zero-order valence-electron chi connectivity index (χ0n) is 12.1. The van der Waals surface area contributed by atoms with Gasteiger partial charge in [-0.25, -0.2) is 0 Å². The zero-order chi connectivity index (χ0) is 14.4. The standard InChI is InChI=1S/C16H24BrNOS/c1-2-11-18-15(13-7-3-4-8-13)12-20(19)16-10-6-5-9-14(16)17/h5-6,9-10,13,15,18H,2-4,7-8,11-12H2,1H3. The molecule has 20 heavy (non-hydrogen) atoms. The van der Waals surface area contributed by atoms with E-state index in [2.05, 4.69) is 28.2 Å². The Hall–Kier alpha value is -0.190. The lowest BCUT2D eigenvalue weighted by Gasteiger charge is -2.24. The van der Waals surface area contributed by atoms with Crippen LogP contribution in [0.25, 0.3) is 0 Å². The third kappa shape index (κ3) is 4.40. The van der Waals surface area contributed by atoms with Crippen LogP contribution in [0.4, 0.5) is 0 Å². The average Bonchev–Trinajstić information content (AvgIpc) is 2.97. The summed E-state index contributed by atoms with van der Waals surface area (Å²) in [5.74, 6) is 1.43. The van der Waals surface area contributed by atoms with Crippen LogP contribution in [0.1, 0.15) is 39.0 Å². The molecule has 0 aliphatic heterocycles. The van der Waals surface area contributed by atoms with Crippen LogP contribution in [0.5, 0.6) is 0 Å². The van der Waals surface area contributed by atoms with Crippen molar-refractivity contribution >= 4 is 26.7 Å². The minimum atomic E-state index is -0.934. The molecule has 0 heterocycles. The van der Waals surface area contributed by atoms with E-state index in [0.29, 0.717) is 12.0 Å². The number of nitrogens with one attached hydrogen (secondary N) is 1. The van der Waals surface area contributed by atoms with Gasteiger partial charge in [-0.05, 0) is 59.8 Å². The molecule has 2 rings (SSSR count). The van der Waals surface area contributed by atoms with Crippen molar-refractivity contribution in [2.75, 3.05) is 12.3 Å². The van der Waals surface area contributed by atoms with Crippen LogP contribution in [0.15, 0.2) is 33.6 Å². The third-order valence-corrected chi connectivity index (χ3v) is 6.50. The van der Waals surface area contributed by atoms with Gasteiger partial charge in [-0.2, -0.15) is 0 Å². The van der Waals surface area contributed by atoms with Crippen molar-refractivity contribution in [2.45, 2.75) is 50.0 Å². The largest absolute Gasteiger partial charge is 0.313 e. The van der Waals surface area contributed by atoms with Gasteiger partial charge in [0.05, 0.1) is 15.7 Å².